The molecule has 0 heterocycles. The average Bonchev–Trinajstić information content (AvgIpc) is 1.84. The van der Waals surface area contributed by atoms with Gasteiger partial charge < -0.3 is 14.9 Å². The van der Waals surface area contributed by atoms with Crippen LogP contribution in [0.15, 0.2) is 0 Å². The topological polar surface area (TPSA) is 66.8 Å². The van der Waals surface area contributed by atoms with Crippen molar-refractivity contribution in [3.8, 4) is 0 Å². The molecule has 0 aromatic carbocycles. The van der Waals surface area contributed by atoms with Crippen LogP contribution < -0.4 is 0 Å². The molecule has 12 heavy (non-hydrogen) atoms. The van der Waals surface area contributed by atoms with Gasteiger partial charge in [-0.05, 0) is 13.8 Å². The summed E-state index contributed by atoms with van der Waals surface area (Å²) in [7, 11) is 0. The molecule has 72 valence electrons. The van der Waals surface area contributed by atoms with Gasteiger partial charge in [0.2, 0.25) is 0 Å². The van der Waals surface area contributed by atoms with Crippen LogP contribution in [-0.2, 0) is 9.53 Å². The molecule has 2 N–H and O–H groups in total. The van der Waals surface area contributed by atoms with Crippen molar-refractivity contribution in [1.29, 1.82) is 0 Å². The molecule has 0 aliphatic rings. The highest BCUT2D eigenvalue weighted by Gasteiger charge is 2.10. The van der Waals surface area contributed by atoms with Gasteiger partial charge in [-0.15, -0.1) is 0 Å². The number of ether oxygens (including phenoxy) is 1. The van der Waals surface area contributed by atoms with Crippen LogP contribution in [0.3, 0.4) is 0 Å². The summed E-state index contributed by atoms with van der Waals surface area (Å²) in [4.78, 5) is 10.9. The van der Waals surface area contributed by atoms with E-state index in [9.17, 15) is 4.79 Å². The summed E-state index contributed by atoms with van der Waals surface area (Å²) in [5, 5.41) is 17.3. The monoisotopic (exact) mass is 176 g/mol. The molecule has 0 radical (unpaired) electrons. The minimum atomic E-state index is -0.668. The second kappa shape index (κ2) is 5.97. The van der Waals surface area contributed by atoms with E-state index in [0.29, 0.717) is 6.42 Å². The molecule has 0 bridgehead atoms. The molecule has 0 saturated carbocycles. The number of carbonyl (C=O) groups is 1. The summed E-state index contributed by atoms with van der Waals surface area (Å²) >= 11 is 0. The largest absolute Gasteiger partial charge is 0.462 e. The van der Waals surface area contributed by atoms with Gasteiger partial charge >= 0.3 is 5.97 Å². The van der Waals surface area contributed by atoms with Gasteiger partial charge in [-0.3, -0.25) is 4.79 Å². The van der Waals surface area contributed by atoms with Crippen LogP contribution in [0.1, 0.15) is 26.7 Å². The van der Waals surface area contributed by atoms with Gasteiger partial charge in [0.15, 0.2) is 0 Å². The Morgan fingerprint density at radius 2 is 2.08 bits per heavy atom. The summed E-state index contributed by atoms with van der Waals surface area (Å²) in [5.74, 6) is -0.425. The molecule has 0 aliphatic carbocycles. The Morgan fingerprint density at radius 3 is 2.50 bits per heavy atom. The number of aliphatic hydroxyl groups is 2. The summed E-state index contributed by atoms with van der Waals surface area (Å²) in [6, 6.07) is 0. The fourth-order valence-electron chi connectivity index (χ4n) is 0.754. The quantitative estimate of drug-likeness (QED) is 0.582. The first-order valence-corrected chi connectivity index (χ1v) is 4.04. The first kappa shape index (κ1) is 11.4. The summed E-state index contributed by atoms with van der Waals surface area (Å²) in [5.41, 5.74) is 0. The van der Waals surface area contributed by atoms with Crippen molar-refractivity contribution >= 4 is 5.97 Å². The predicted octanol–water partition coefficient (Wildman–Crippen LogP) is 0.0714. The van der Waals surface area contributed by atoms with E-state index in [1.54, 1.807) is 6.92 Å². The number of esters is 1. The van der Waals surface area contributed by atoms with E-state index in [4.69, 9.17) is 14.9 Å². The highest BCUT2D eigenvalue weighted by atomic mass is 16.5. The van der Waals surface area contributed by atoms with Gasteiger partial charge in [0, 0.05) is 13.0 Å². The van der Waals surface area contributed by atoms with E-state index in [-0.39, 0.29) is 19.1 Å². The molecule has 1 unspecified atom stereocenters. The zero-order valence-corrected chi connectivity index (χ0v) is 7.49. The van der Waals surface area contributed by atoms with Crippen molar-refractivity contribution in [1.82, 2.24) is 0 Å². The smallest absolute Gasteiger partial charge is 0.308 e. The first-order chi connectivity index (χ1) is 5.56. The van der Waals surface area contributed by atoms with Crippen LogP contribution in [0.4, 0.5) is 0 Å². The van der Waals surface area contributed by atoms with Crippen molar-refractivity contribution in [2.24, 2.45) is 0 Å². The van der Waals surface area contributed by atoms with Crippen molar-refractivity contribution in [2.45, 2.75) is 38.9 Å². The minimum Gasteiger partial charge on any atom is -0.462 e. The van der Waals surface area contributed by atoms with E-state index in [1.807, 2.05) is 0 Å². The molecule has 0 fully saturated rings. The average molecular weight is 176 g/mol. The molecular weight excluding hydrogens is 160 g/mol. The molecule has 0 aliphatic heterocycles. The van der Waals surface area contributed by atoms with E-state index in [2.05, 4.69) is 0 Å². The molecular formula is C8H16O4. The predicted molar refractivity (Wildman–Crippen MR) is 43.6 cm³/mol. The van der Waals surface area contributed by atoms with Crippen LogP contribution in [0.2, 0.25) is 0 Å². The Labute approximate surface area is 72.2 Å². The van der Waals surface area contributed by atoms with Crippen LogP contribution in [-0.4, -0.2) is 35.0 Å². The maximum atomic E-state index is 10.9. The highest BCUT2D eigenvalue weighted by molar-refractivity contribution is 5.70. The normalized spacial score (nSPS) is 15.3. The maximum Gasteiger partial charge on any atom is 0.308 e. The lowest BCUT2D eigenvalue weighted by Gasteiger charge is -2.12. The Balaban J connectivity index is 3.54. The Hall–Kier alpha value is -0.610. The van der Waals surface area contributed by atoms with E-state index >= 15 is 0 Å². The third kappa shape index (κ3) is 6.12. The number of aliphatic hydroxyl groups excluding tert-OH is 2. The summed E-state index contributed by atoms with van der Waals surface area (Å²) in [6.45, 7) is 3.23. The van der Waals surface area contributed by atoms with E-state index in [0.717, 1.165) is 0 Å². The van der Waals surface area contributed by atoms with Crippen LogP contribution in [0, 0.1) is 0 Å². The van der Waals surface area contributed by atoms with Crippen LogP contribution in [0.5, 0.6) is 0 Å². The van der Waals surface area contributed by atoms with Gasteiger partial charge in [0.1, 0.15) is 6.10 Å². The maximum absolute atomic E-state index is 10.9. The van der Waals surface area contributed by atoms with Gasteiger partial charge in [-0.25, -0.2) is 0 Å². The molecule has 0 spiro atoms. The van der Waals surface area contributed by atoms with E-state index < -0.39 is 12.1 Å². The van der Waals surface area contributed by atoms with E-state index in [1.165, 1.54) is 6.92 Å². The Bertz CT molecular complexity index is 133. The zero-order valence-electron chi connectivity index (χ0n) is 7.49. The van der Waals surface area contributed by atoms with Gasteiger partial charge in [-0.2, -0.15) is 0 Å². The fraction of sp³-hybridized carbons (Fsp3) is 0.875. The van der Waals surface area contributed by atoms with Crippen molar-refractivity contribution in [3.05, 3.63) is 0 Å². The lowest BCUT2D eigenvalue weighted by atomic mass is 10.3. The Morgan fingerprint density at radius 1 is 1.50 bits per heavy atom. The van der Waals surface area contributed by atoms with Crippen molar-refractivity contribution in [2.75, 3.05) is 6.61 Å². The molecule has 0 aromatic heterocycles. The molecule has 4 nitrogen and oxygen atoms in total. The summed E-state index contributed by atoms with van der Waals surface area (Å²) < 4.78 is 4.84. The van der Waals surface area contributed by atoms with Gasteiger partial charge in [0.25, 0.3) is 0 Å². The molecule has 2 atom stereocenters. The fourth-order valence-corrected chi connectivity index (χ4v) is 0.754. The molecule has 0 aromatic rings. The first-order valence-electron chi connectivity index (χ1n) is 4.04. The van der Waals surface area contributed by atoms with Crippen molar-refractivity contribution < 1.29 is 19.7 Å². The van der Waals surface area contributed by atoms with Gasteiger partial charge in [0.05, 0.1) is 12.5 Å². The van der Waals surface area contributed by atoms with Crippen LogP contribution in [0.25, 0.3) is 0 Å². The molecule has 0 saturated heterocycles. The van der Waals surface area contributed by atoms with Crippen LogP contribution >= 0.6 is 0 Å². The second-order valence-corrected chi connectivity index (χ2v) is 2.87. The molecule has 0 rings (SSSR count). The zero-order chi connectivity index (χ0) is 9.56. The lowest BCUT2D eigenvalue weighted by molar-refractivity contribution is -0.150. The number of hydrogen-bond acceptors (Lipinski definition) is 4. The molecule has 4 heteroatoms. The highest BCUT2D eigenvalue weighted by Crippen LogP contribution is 2.00. The lowest BCUT2D eigenvalue weighted by Crippen LogP contribution is -2.19. The second-order valence-electron chi connectivity index (χ2n) is 2.87. The summed E-state index contributed by atoms with van der Waals surface area (Å²) in [6.07, 6.45) is -0.499. The minimum absolute atomic E-state index is 0.00310. The SMILES string of the molecule is CC(O)CC(=O)O[C@H](C)CCO. The number of carbonyl (C=O) groups excluding carboxylic acids is 1. The number of rotatable bonds is 5. The molecule has 0 amide bonds. The Kier molecular flexibility index (Phi) is 5.66. The third-order valence-electron chi connectivity index (χ3n) is 1.33. The standard InChI is InChI=1S/C8H16O4/c1-6(10)5-8(11)12-7(2)3-4-9/h6-7,9-10H,3-5H2,1-2H3/t6?,7-/m1/s1. The van der Waals surface area contributed by atoms with Gasteiger partial charge in [-0.1, -0.05) is 0 Å². The van der Waals surface area contributed by atoms with Crippen molar-refractivity contribution in [3.63, 3.8) is 0 Å². The third-order valence-corrected chi connectivity index (χ3v) is 1.33. The number of hydrogen-bond donors (Lipinski definition) is 2.